The van der Waals surface area contributed by atoms with Crippen molar-refractivity contribution in [3.63, 3.8) is 0 Å². The Hall–Kier alpha value is -0.420. The third-order valence-corrected chi connectivity index (χ3v) is 3.92. The second-order valence-electron chi connectivity index (χ2n) is 4.85. The van der Waals surface area contributed by atoms with Gasteiger partial charge in [0, 0.05) is 23.6 Å². The third kappa shape index (κ3) is 4.05. The Bertz CT molecular complexity index is 365. The Labute approximate surface area is 117 Å². The molecule has 1 unspecified atom stereocenters. The molecule has 0 aromatic heterocycles. The second-order valence-corrected chi connectivity index (χ2v) is 5.76. The molecular weight excluding hydrogens is 294 g/mol. The number of hydrogen-bond acceptors (Lipinski definition) is 3. The lowest BCUT2D eigenvalue weighted by molar-refractivity contribution is 0.127. The molecule has 1 aliphatic rings. The number of hydrogen-bond donors (Lipinski definition) is 2. The van der Waals surface area contributed by atoms with Crippen LogP contribution in [0.25, 0.3) is 0 Å². The Morgan fingerprint density at radius 1 is 1.22 bits per heavy atom. The van der Waals surface area contributed by atoms with Gasteiger partial charge in [0.05, 0.1) is 12.7 Å². The fraction of sp³-hybridized carbons (Fsp3) is 0.571. The van der Waals surface area contributed by atoms with E-state index in [0.717, 1.165) is 29.5 Å². The van der Waals surface area contributed by atoms with Gasteiger partial charge in [-0.25, -0.2) is 0 Å². The van der Waals surface area contributed by atoms with Gasteiger partial charge in [0.2, 0.25) is 0 Å². The van der Waals surface area contributed by atoms with Crippen molar-refractivity contribution in [1.82, 2.24) is 4.90 Å². The molecule has 4 heteroatoms. The van der Waals surface area contributed by atoms with Gasteiger partial charge in [-0.3, -0.25) is 4.90 Å². The molecule has 0 bridgehead atoms. The lowest BCUT2D eigenvalue weighted by Gasteiger charge is -2.22. The van der Waals surface area contributed by atoms with Crippen molar-refractivity contribution in [2.24, 2.45) is 0 Å². The van der Waals surface area contributed by atoms with Gasteiger partial charge in [0.15, 0.2) is 0 Å². The highest BCUT2D eigenvalue weighted by Gasteiger charge is 2.28. The average Bonchev–Trinajstić information content (AvgIpc) is 3.19. The molecule has 1 fully saturated rings. The summed E-state index contributed by atoms with van der Waals surface area (Å²) in [5.41, 5.74) is 0.956. The second kappa shape index (κ2) is 6.66. The number of nitrogens with zero attached hydrogens (tertiary/aromatic N) is 1. The van der Waals surface area contributed by atoms with Crippen LogP contribution in [0.1, 0.15) is 30.9 Å². The van der Waals surface area contributed by atoms with Crippen LogP contribution >= 0.6 is 15.9 Å². The summed E-state index contributed by atoms with van der Waals surface area (Å²) in [4.78, 5) is 2.28. The Morgan fingerprint density at radius 3 is 2.44 bits per heavy atom. The van der Waals surface area contributed by atoms with Gasteiger partial charge in [-0.2, -0.15) is 0 Å². The van der Waals surface area contributed by atoms with Crippen LogP contribution < -0.4 is 0 Å². The van der Waals surface area contributed by atoms with Crippen LogP contribution in [0.2, 0.25) is 0 Å². The van der Waals surface area contributed by atoms with Gasteiger partial charge in [-0.15, -0.1) is 0 Å². The molecule has 1 aromatic carbocycles. The quantitative estimate of drug-likeness (QED) is 0.812. The predicted octanol–water partition coefficient (Wildman–Crippen LogP) is 2.33. The highest BCUT2D eigenvalue weighted by molar-refractivity contribution is 9.10. The molecule has 1 saturated carbocycles. The fourth-order valence-electron chi connectivity index (χ4n) is 2.18. The maximum Gasteiger partial charge on any atom is 0.0802 e. The fourth-order valence-corrected chi connectivity index (χ4v) is 2.45. The summed E-state index contributed by atoms with van der Waals surface area (Å²) < 4.78 is 1.03. The molecule has 0 aliphatic heterocycles. The molecule has 2 N–H and O–H groups in total. The average molecular weight is 314 g/mol. The molecule has 18 heavy (non-hydrogen) atoms. The van der Waals surface area contributed by atoms with Crippen LogP contribution in [0, 0.1) is 0 Å². The molecule has 0 saturated heterocycles. The van der Waals surface area contributed by atoms with E-state index in [0.29, 0.717) is 6.04 Å². The smallest absolute Gasteiger partial charge is 0.0802 e. The number of aliphatic hydroxyl groups excluding tert-OH is 2. The molecular formula is C14H20BrNO2. The highest BCUT2D eigenvalue weighted by Crippen LogP contribution is 2.28. The third-order valence-electron chi connectivity index (χ3n) is 3.40. The molecule has 3 nitrogen and oxygen atoms in total. The van der Waals surface area contributed by atoms with Crippen molar-refractivity contribution >= 4 is 15.9 Å². The Morgan fingerprint density at radius 2 is 1.89 bits per heavy atom. The molecule has 100 valence electrons. The van der Waals surface area contributed by atoms with Crippen LogP contribution in [-0.4, -0.2) is 40.9 Å². The van der Waals surface area contributed by atoms with E-state index in [1.807, 2.05) is 24.3 Å². The summed E-state index contributed by atoms with van der Waals surface area (Å²) in [6.45, 7) is 1.77. The van der Waals surface area contributed by atoms with Gasteiger partial charge >= 0.3 is 0 Å². The Kier molecular flexibility index (Phi) is 5.18. The summed E-state index contributed by atoms with van der Waals surface area (Å²) in [7, 11) is 0. The summed E-state index contributed by atoms with van der Waals surface area (Å²) in [6.07, 6.45) is 2.76. The minimum Gasteiger partial charge on any atom is -0.395 e. The summed E-state index contributed by atoms with van der Waals surface area (Å²) in [6, 6.07) is 8.43. The van der Waals surface area contributed by atoms with E-state index in [4.69, 9.17) is 5.11 Å². The molecule has 0 heterocycles. The van der Waals surface area contributed by atoms with Gasteiger partial charge in [0.1, 0.15) is 0 Å². The summed E-state index contributed by atoms with van der Waals surface area (Å²) in [5.74, 6) is 0. The lowest BCUT2D eigenvalue weighted by Crippen LogP contribution is -2.31. The first-order valence-electron chi connectivity index (χ1n) is 6.49. The molecule has 0 radical (unpaired) electrons. The summed E-state index contributed by atoms with van der Waals surface area (Å²) in [5, 5.41) is 19.1. The molecule has 1 aromatic rings. The monoisotopic (exact) mass is 313 g/mol. The first-order valence-corrected chi connectivity index (χ1v) is 7.28. The molecule has 2 rings (SSSR count). The van der Waals surface area contributed by atoms with E-state index in [9.17, 15) is 5.11 Å². The lowest BCUT2D eigenvalue weighted by atomic mass is 10.1. The van der Waals surface area contributed by atoms with Gasteiger partial charge in [-0.1, -0.05) is 28.1 Å². The standard InChI is InChI=1S/C14H20BrNO2/c15-12-3-1-11(2-4-12)14(18)7-8-16(9-10-17)13-5-6-13/h1-4,13-14,17-18H,5-10H2. The minimum absolute atomic E-state index is 0.199. The van der Waals surface area contributed by atoms with Crippen LogP contribution in [0.5, 0.6) is 0 Å². The van der Waals surface area contributed by atoms with Crippen molar-refractivity contribution in [3.05, 3.63) is 34.3 Å². The van der Waals surface area contributed by atoms with Crippen molar-refractivity contribution < 1.29 is 10.2 Å². The molecule has 1 atom stereocenters. The van der Waals surface area contributed by atoms with E-state index >= 15 is 0 Å². The first kappa shape index (κ1) is 14.0. The molecule has 1 aliphatic carbocycles. The molecule has 0 spiro atoms. The van der Waals surface area contributed by atoms with Crippen LogP contribution in [-0.2, 0) is 0 Å². The maximum atomic E-state index is 10.1. The normalized spacial score (nSPS) is 17.1. The zero-order valence-electron chi connectivity index (χ0n) is 10.4. The van der Waals surface area contributed by atoms with Crippen LogP contribution in [0.4, 0.5) is 0 Å². The number of halogens is 1. The van der Waals surface area contributed by atoms with Crippen molar-refractivity contribution in [2.45, 2.75) is 31.4 Å². The van der Waals surface area contributed by atoms with Gasteiger partial charge in [-0.05, 0) is 37.0 Å². The Balaban J connectivity index is 1.82. The van der Waals surface area contributed by atoms with Crippen molar-refractivity contribution in [2.75, 3.05) is 19.7 Å². The van der Waals surface area contributed by atoms with E-state index in [2.05, 4.69) is 20.8 Å². The van der Waals surface area contributed by atoms with Gasteiger partial charge in [0.25, 0.3) is 0 Å². The van der Waals surface area contributed by atoms with E-state index in [1.165, 1.54) is 12.8 Å². The maximum absolute atomic E-state index is 10.1. The minimum atomic E-state index is -0.418. The largest absolute Gasteiger partial charge is 0.395 e. The predicted molar refractivity (Wildman–Crippen MR) is 75.4 cm³/mol. The van der Waals surface area contributed by atoms with E-state index in [-0.39, 0.29) is 6.61 Å². The molecule has 0 amide bonds. The van der Waals surface area contributed by atoms with Crippen LogP contribution in [0.3, 0.4) is 0 Å². The SMILES string of the molecule is OCCN(CCC(O)c1ccc(Br)cc1)C1CC1. The van der Waals surface area contributed by atoms with Crippen LogP contribution in [0.15, 0.2) is 28.7 Å². The number of rotatable bonds is 7. The number of benzene rings is 1. The van der Waals surface area contributed by atoms with Crippen molar-refractivity contribution in [1.29, 1.82) is 0 Å². The zero-order valence-corrected chi connectivity index (χ0v) is 12.0. The van der Waals surface area contributed by atoms with E-state index < -0.39 is 6.10 Å². The topological polar surface area (TPSA) is 43.7 Å². The summed E-state index contributed by atoms with van der Waals surface area (Å²) >= 11 is 3.39. The highest BCUT2D eigenvalue weighted by atomic mass is 79.9. The van der Waals surface area contributed by atoms with Gasteiger partial charge < -0.3 is 10.2 Å². The zero-order chi connectivity index (χ0) is 13.0. The van der Waals surface area contributed by atoms with Crippen molar-refractivity contribution in [3.8, 4) is 0 Å². The first-order chi connectivity index (χ1) is 8.70. The van der Waals surface area contributed by atoms with E-state index in [1.54, 1.807) is 0 Å². The number of aliphatic hydroxyl groups is 2.